The molecule has 19 heavy (non-hydrogen) atoms. The van der Waals surface area contributed by atoms with Crippen LogP contribution >= 0.6 is 0 Å². The van der Waals surface area contributed by atoms with Crippen LogP contribution in [-0.2, 0) is 6.42 Å². The van der Waals surface area contributed by atoms with Gasteiger partial charge in [0.1, 0.15) is 0 Å². The summed E-state index contributed by atoms with van der Waals surface area (Å²) in [6, 6.07) is 3.87. The van der Waals surface area contributed by atoms with Gasteiger partial charge in [0.2, 0.25) is 0 Å². The maximum absolute atomic E-state index is 10.7. The van der Waals surface area contributed by atoms with Gasteiger partial charge in [-0.25, -0.2) is 4.79 Å². The number of nitrogens with one attached hydrogen (secondary N) is 1. The van der Waals surface area contributed by atoms with Crippen LogP contribution in [0.3, 0.4) is 0 Å². The number of carbonyl (C=O) groups is 1. The van der Waals surface area contributed by atoms with Gasteiger partial charge in [-0.15, -0.1) is 0 Å². The molecule has 1 aliphatic rings. The smallest absolute Gasteiger partial charge is 0.404 e. The lowest BCUT2D eigenvalue weighted by Gasteiger charge is -2.32. The minimum absolute atomic E-state index is 0.274. The van der Waals surface area contributed by atoms with Crippen LogP contribution in [0.2, 0.25) is 0 Å². The number of allylic oxidation sites excluding steroid dienone is 2. The maximum Gasteiger partial charge on any atom is 0.404 e. The molecular formula is C14H17N3O2. The summed E-state index contributed by atoms with van der Waals surface area (Å²) in [7, 11) is 0. The van der Waals surface area contributed by atoms with E-state index < -0.39 is 6.09 Å². The minimum atomic E-state index is -1.01. The van der Waals surface area contributed by atoms with Crippen molar-refractivity contribution < 1.29 is 9.90 Å². The van der Waals surface area contributed by atoms with E-state index >= 15 is 0 Å². The Morgan fingerprint density at radius 1 is 1.58 bits per heavy atom. The standard InChI is InChI=1S/C14H17N3O2/c15-12-3-5-14(6-4-12,10-17-13(18)19)8-11-2-1-7-16-9-11/h1-5,7,9,17H,6,8,10,15H2,(H,18,19). The second-order valence-corrected chi connectivity index (χ2v) is 4.80. The van der Waals surface area contributed by atoms with Crippen molar-refractivity contribution in [3.05, 3.63) is 54.0 Å². The Labute approximate surface area is 111 Å². The second-order valence-electron chi connectivity index (χ2n) is 4.80. The van der Waals surface area contributed by atoms with Crippen LogP contribution in [0, 0.1) is 5.41 Å². The highest BCUT2D eigenvalue weighted by Crippen LogP contribution is 2.32. The van der Waals surface area contributed by atoms with E-state index in [1.807, 2.05) is 30.4 Å². The van der Waals surface area contributed by atoms with Crippen molar-refractivity contribution in [1.29, 1.82) is 0 Å². The molecule has 1 aromatic heterocycles. The third-order valence-electron chi connectivity index (χ3n) is 3.24. The van der Waals surface area contributed by atoms with Crippen molar-refractivity contribution >= 4 is 6.09 Å². The summed E-state index contributed by atoms with van der Waals surface area (Å²) in [5.41, 5.74) is 7.25. The molecule has 5 heteroatoms. The van der Waals surface area contributed by atoms with E-state index in [2.05, 4.69) is 10.3 Å². The zero-order chi connectivity index (χ0) is 13.7. The fourth-order valence-electron chi connectivity index (χ4n) is 2.22. The number of aromatic nitrogens is 1. The molecule has 1 aliphatic carbocycles. The predicted octanol–water partition coefficient (Wildman–Crippen LogP) is 1.68. The fraction of sp³-hybridized carbons (Fsp3) is 0.286. The molecule has 2 rings (SSSR count). The number of hydrogen-bond donors (Lipinski definition) is 3. The van der Waals surface area contributed by atoms with Gasteiger partial charge in [-0.3, -0.25) is 4.98 Å². The average molecular weight is 259 g/mol. The molecule has 5 nitrogen and oxygen atoms in total. The topological polar surface area (TPSA) is 88.2 Å². The highest BCUT2D eigenvalue weighted by Gasteiger charge is 2.29. The first-order valence-corrected chi connectivity index (χ1v) is 6.10. The van der Waals surface area contributed by atoms with Gasteiger partial charge in [0.05, 0.1) is 0 Å². The van der Waals surface area contributed by atoms with Gasteiger partial charge < -0.3 is 16.2 Å². The first kappa shape index (κ1) is 13.1. The molecule has 0 radical (unpaired) electrons. The Bertz CT molecular complexity index is 511. The summed E-state index contributed by atoms with van der Waals surface area (Å²) in [5, 5.41) is 11.3. The monoisotopic (exact) mass is 259 g/mol. The Morgan fingerprint density at radius 3 is 3.00 bits per heavy atom. The number of pyridine rings is 1. The summed E-state index contributed by atoms with van der Waals surface area (Å²) < 4.78 is 0. The van der Waals surface area contributed by atoms with E-state index in [1.54, 1.807) is 12.4 Å². The van der Waals surface area contributed by atoms with Crippen molar-refractivity contribution in [2.24, 2.45) is 11.1 Å². The Kier molecular flexibility index (Phi) is 3.85. The summed E-state index contributed by atoms with van der Waals surface area (Å²) in [4.78, 5) is 14.8. The third kappa shape index (κ3) is 3.58. The molecular weight excluding hydrogens is 242 g/mol. The third-order valence-corrected chi connectivity index (χ3v) is 3.24. The lowest BCUT2D eigenvalue weighted by molar-refractivity contribution is 0.188. The van der Waals surface area contributed by atoms with Crippen LogP contribution in [-0.4, -0.2) is 22.7 Å². The fourth-order valence-corrected chi connectivity index (χ4v) is 2.22. The molecule has 1 heterocycles. The van der Waals surface area contributed by atoms with Crippen molar-refractivity contribution in [3.63, 3.8) is 0 Å². The van der Waals surface area contributed by atoms with E-state index in [-0.39, 0.29) is 5.41 Å². The van der Waals surface area contributed by atoms with Crippen LogP contribution in [0.4, 0.5) is 4.79 Å². The summed E-state index contributed by atoms with van der Waals surface area (Å²) in [5.74, 6) is 0. The molecule has 1 atom stereocenters. The van der Waals surface area contributed by atoms with Gasteiger partial charge >= 0.3 is 6.09 Å². The number of amides is 1. The van der Waals surface area contributed by atoms with Crippen LogP contribution in [0.5, 0.6) is 0 Å². The number of hydrogen-bond acceptors (Lipinski definition) is 3. The molecule has 1 amide bonds. The van der Waals surface area contributed by atoms with Gasteiger partial charge in [0, 0.05) is 30.1 Å². The molecule has 0 fully saturated rings. The molecule has 0 aliphatic heterocycles. The Balaban J connectivity index is 2.15. The van der Waals surface area contributed by atoms with E-state index in [1.165, 1.54) is 0 Å². The van der Waals surface area contributed by atoms with Crippen LogP contribution in [0.15, 0.2) is 48.5 Å². The van der Waals surface area contributed by atoms with Crippen molar-refractivity contribution in [2.75, 3.05) is 6.54 Å². The molecule has 0 aromatic carbocycles. The van der Waals surface area contributed by atoms with E-state index in [0.29, 0.717) is 13.0 Å². The Morgan fingerprint density at radius 2 is 2.42 bits per heavy atom. The Hall–Kier alpha value is -2.30. The largest absolute Gasteiger partial charge is 0.465 e. The van der Waals surface area contributed by atoms with E-state index in [9.17, 15) is 4.79 Å². The van der Waals surface area contributed by atoms with Gasteiger partial charge in [-0.05, 0) is 30.5 Å². The van der Waals surface area contributed by atoms with Crippen LogP contribution < -0.4 is 11.1 Å². The van der Waals surface area contributed by atoms with Gasteiger partial charge in [-0.2, -0.15) is 0 Å². The molecule has 0 saturated carbocycles. The molecule has 100 valence electrons. The minimum Gasteiger partial charge on any atom is -0.465 e. The lowest BCUT2D eigenvalue weighted by atomic mass is 9.76. The molecule has 0 bridgehead atoms. The van der Waals surface area contributed by atoms with Gasteiger partial charge in [-0.1, -0.05) is 18.2 Å². The summed E-state index contributed by atoms with van der Waals surface area (Å²) in [6.45, 7) is 0.359. The number of nitrogens with two attached hydrogens (primary N) is 1. The first-order valence-electron chi connectivity index (χ1n) is 6.10. The molecule has 0 saturated heterocycles. The highest BCUT2D eigenvalue weighted by molar-refractivity contribution is 5.64. The number of carboxylic acid groups (broad SMARTS) is 1. The van der Waals surface area contributed by atoms with Gasteiger partial charge in [0.15, 0.2) is 0 Å². The SMILES string of the molecule is NC1=CCC(CNC(=O)O)(Cc2cccnc2)C=C1. The lowest BCUT2D eigenvalue weighted by Crippen LogP contribution is -2.38. The van der Waals surface area contributed by atoms with E-state index in [0.717, 1.165) is 17.7 Å². The number of rotatable bonds is 4. The quantitative estimate of drug-likeness (QED) is 0.767. The van der Waals surface area contributed by atoms with Gasteiger partial charge in [0.25, 0.3) is 0 Å². The highest BCUT2D eigenvalue weighted by atomic mass is 16.4. The number of nitrogens with zero attached hydrogens (tertiary/aromatic N) is 1. The molecule has 4 N–H and O–H groups in total. The van der Waals surface area contributed by atoms with Crippen molar-refractivity contribution in [1.82, 2.24) is 10.3 Å². The first-order chi connectivity index (χ1) is 9.10. The average Bonchev–Trinajstić information content (AvgIpc) is 2.41. The van der Waals surface area contributed by atoms with Crippen molar-refractivity contribution in [3.8, 4) is 0 Å². The zero-order valence-corrected chi connectivity index (χ0v) is 10.5. The predicted molar refractivity (Wildman–Crippen MR) is 72.4 cm³/mol. The second kappa shape index (κ2) is 5.56. The maximum atomic E-state index is 10.7. The summed E-state index contributed by atoms with van der Waals surface area (Å²) >= 11 is 0. The van der Waals surface area contributed by atoms with Crippen LogP contribution in [0.1, 0.15) is 12.0 Å². The van der Waals surface area contributed by atoms with Crippen molar-refractivity contribution in [2.45, 2.75) is 12.8 Å². The molecule has 1 aromatic rings. The molecule has 1 unspecified atom stereocenters. The molecule has 0 spiro atoms. The summed E-state index contributed by atoms with van der Waals surface area (Å²) in [6.07, 6.45) is 9.71. The van der Waals surface area contributed by atoms with Crippen LogP contribution in [0.25, 0.3) is 0 Å². The zero-order valence-electron chi connectivity index (χ0n) is 10.5. The normalized spacial score (nSPS) is 21.8. The van der Waals surface area contributed by atoms with E-state index in [4.69, 9.17) is 10.8 Å².